The summed E-state index contributed by atoms with van der Waals surface area (Å²) in [6.45, 7) is 7.03. The van der Waals surface area contributed by atoms with Crippen molar-refractivity contribution in [1.82, 2.24) is 14.8 Å². The van der Waals surface area contributed by atoms with E-state index in [0.29, 0.717) is 17.8 Å². The maximum Gasteiger partial charge on any atom is 0.270 e. The average Bonchev–Trinajstić information content (AvgIpc) is 3.27. The number of rotatable bonds is 5. The molecule has 2 heterocycles. The van der Waals surface area contributed by atoms with E-state index in [1.807, 2.05) is 17.0 Å². The monoisotopic (exact) mass is 311 g/mol. The number of aromatic amines is 1. The molecule has 2 unspecified atom stereocenters. The van der Waals surface area contributed by atoms with Crippen LogP contribution in [0.25, 0.3) is 0 Å². The van der Waals surface area contributed by atoms with Gasteiger partial charge in [0.05, 0.1) is 0 Å². The van der Waals surface area contributed by atoms with Gasteiger partial charge >= 0.3 is 0 Å². The van der Waals surface area contributed by atoms with Crippen molar-refractivity contribution in [1.29, 1.82) is 0 Å². The second-order valence-corrected chi connectivity index (χ2v) is 6.20. The predicted octanol–water partition coefficient (Wildman–Crippen LogP) is 3.31. The van der Waals surface area contributed by atoms with E-state index in [1.165, 1.54) is 5.56 Å². The average molecular weight is 311 g/mol. The summed E-state index contributed by atoms with van der Waals surface area (Å²) >= 11 is 0. The summed E-state index contributed by atoms with van der Waals surface area (Å²) in [4.78, 5) is 20.2. The SMILES string of the molecule is CCN(C(=O)c1ccc[nH]1)C1CCN(C(C)c2ccccc2)C1. The van der Waals surface area contributed by atoms with Crippen LogP contribution in [-0.4, -0.2) is 46.4 Å². The van der Waals surface area contributed by atoms with E-state index in [0.717, 1.165) is 26.1 Å². The number of H-pyrrole nitrogens is 1. The molecule has 0 saturated carbocycles. The van der Waals surface area contributed by atoms with Crippen LogP contribution in [0.2, 0.25) is 0 Å². The number of likely N-dealkylation sites (N-methyl/N-ethyl adjacent to an activating group) is 1. The number of carbonyl (C=O) groups is 1. The molecule has 1 aliphatic heterocycles. The highest BCUT2D eigenvalue weighted by Gasteiger charge is 2.32. The number of benzene rings is 1. The molecule has 3 rings (SSSR count). The highest BCUT2D eigenvalue weighted by atomic mass is 16.2. The summed E-state index contributed by atoms with van der Waals surface area (Å²) < 4.78 is 0. The third kappa shape index (κ3) is 3.32. The molecule has 0 bridgehead atoms. The predicted molar refractivity (Wildman–Crippen MR) is 92.3 cm³/mol. The zero-order valence-electron chi connectivity index (χ0n) is 13.9. The molecule has 122 valence electrons. The smallest absolute Gasteiger partial charge is 0.270 e. The first-order valence-electron chi connectivity index (χ1n) is 8.44. The van der Waals surface area contributed by atoms with Crippen LogP contribution in [-0.2, 0) is 0 Å². The Morgan fingerprint density at radius 3 is 2.74 bits per heavy atom. The first kappa shape index (κ1) is 15.8. The van der Waals surface area contributed by atoms with E-state index in [2.05, 4.69) is 54.1 Å². The lowest BCUT2D eigenvalue weighted by molar-refractivity contribution is 0.0684. The molecule has 1 aromatic carbocycles. The molecule has 1 aromatic heterocycles. The summed E-state index contributed by atoms with van der Waals surface area (Å²) in [6.07, 6.45) is 2.84. The molecule has 2 aromatic rings. The van der Waals surface area contributed by atoms with Gasteiger partial charge in [0.1, 0.15) is 5.69 Å². The van der Waals surface area contributed by atoms with Crippen LogP contribution in [0, 0.1) is 0 Å². The van der Waals surface area contributed by atoms with Crippen molar-refractivity contribution < 1.29 is 4.79 Å². The molecule has 1 fully saturated rings. The van der Waals surface area contributed by atoms with Crippen LogP contribution in [0.1, 0.15) is 42.4 Å². The van der Waals surface area contributed by atoms with Crippen molar-refractivity contribution in [2.45, 2.75) is 32.4 Å². The zero-order chi connectivity index (χ0) is 16.2. The van der Waals surface area contributed by atoms with Gasteiger partial charge in [0, 0.05) is 37.9 Å². The number of likely N-dealkylation sites (tertiary alicyclic amines) is 1. The van der Waals surface area contributed by atoms with Gasteiger partial charge in [-0.2, -0.15) is 0 Å². The van der Waals surface area contributed by atoms with Crippen LogP contribution in [0.5, 0.6) is 0 Å². The largest absolute Gasteiger partial charge is 0.357 e. The van der Waals surface area contributed by atoms with Gasteiger partial charge < -0.3 is 9.88 Å². The Morgan fingerprint density at radius 1 is 1.30 bits per heavy atom. The standard InChI is InChI=1S/C19H25N3O/c1-3-22(19(23)18-10-7-12-20-18)17-11-13-21(14-17)15(2)16-8-5-4-6-9-16/h4-10,12,15,17,20H,3,11,13-14H2,1-2H3. The fourth-order valence-corrected chi connectivity index (χ4v) is 3.50. The maximum atomic E-state index is 12.6. The van der Waals surface area contributed by atoms with E-state index < -0.39 is 0 Å². The molecule has 23 heavy (non-hydrogen) atoms. The molecule has 0 radical (unpaired) electrons. The number of nitrogens with zero attached hydrogens (tertiary/aromatic N) is 2. The summed E-state index contributed by atoms with van der Waals surface area (Å²) in [5.41, 5.74) is 2.02. The lowest BCUT2D eigenvalue weighted by Gasteiger charge is -2.29. The molecule has 2 atom stereocenters. The molecule has 1 aliphatic rings. The van der Waals surface area contributed by atoms with Gasteiger partial charge in [-0.3, -0.25) is 9.69 Å². The number of carbonyl (C=O) groups excluding carboxylic acids is 1. The van der Waals surface area contributed by atoms with Crippen molar-refractivity contribution >= 4 is 5.91 Å². The lowest BCUT2D eigenvalue weighted by Crippen LogP contribution is -2.42. The van der Waals surface area contributed by atoms with Gasteiger partial charge in [-0.25, -0.2) is 0 Å². The Kier molecular flexibility index (Phi) is 4.82. The molecule has 0 spiro atoms. The van der Waals surface area contributed by atoms with E-state index in [-0.39, 0.29) is 5.91 Å². The van der Waals surface area contributed by atoms with Crippen molar-refractivity contribution in [3.8, 4) is 0 Å². The molecule has 1 saturated heterocycles. The molecule has 1 N–H and O–H groups in total. The molecular formula is C19H25N3O. The number of hydrogen-bond donors (Lipinski definition) is 1. The Bertz CT molecular complexity index is 623. The van der Waals surface area contributed by atoms with E-state index in [4.69, 9.17) is 0 Å². The fraction of sp³-hybridized carbons (Fsp3) is 0.421. The van der Waals surface area contributed by atoms with Crippen LogP contribution < -0.4 is 0 Å². The summed E-state index contributed by atoms with van der Waals surface area (Å²) in [5.74, 6) is 0.108. The minimum Gasteiger partial charge on any atom is -0.357 e. The van der Waals surface area contributed by atoms with Crippen LogP contribution >= 0.6 is 0 Å². The fourth-order valence-electron chi connectivity index (χ4n) is 3.50. The van der Waals surface area contributed by atoms with Crippen molar-refractivity contribution in [3.63, 3.8) is 0 Å². The van der Waals surface area contributed by atoms with Crippen molar-refractivity contribution in [2.75, 3.05) is 19.6 Å². The number of amides is 1. The molecule has 1 amide bonds. The third-order valence-corrected chi connectivity index (χ3v) is 4.90. The Labute approximate surface area is 138 Å². The summed E-state index contributed by atoms with van der Waals surface area (Å²) in [6, 6.07) is 15.0. The minimum absolute atomic E-state index is 0.108. The maximum absolute atomic E-state index is 12.6. The molecule has 4 heteroatoms. The molecule has 0 aliphatic carbocycles. The van der Waals surface area contributed by atoms with Gasteiger partial charge in [0.15, 0.2) is 0 Å². The first-order valence-corrected chi connectivity index (χ1v) is 8.44. The zero-order valence-corrected chi connectivity index (χ0v) is 13.9. The third-order valence-electron chi connectivity index (χ3n) is 4.90. The molecule has 4 nitrogen and oxygen atoms in total. The van der Waals surface area contributed by atoms with E-state index >= 15 is 0 Å². The number of hydrogen-bond acceptors (Lipinski definition) is 2. The van der Waals surface area contributed by atoms with Crippen molar-refractivity contribution in [2.24, 2.45) is 0 Å². The van der Waals surface area contributed by atoms with Gasteiger partial charge in [-0.05, 0) is 38.0 Å². The van der Waals surface area contributed by atoms with Crippen LogP contribution in [0.4, 0.5) is 0 Å². The minimum atomic E-state index is 0.108. The number of nitrogens with one attached hydrogen (secondary N) is 1. The molecular weight excluding hydrogens is 286 g/mol. The van der Waals surface area contributed by atoms with Crippen molar-refractivity contribution in [3.05, 3.63) is 59.9 Å². The Morgan fingerprint density at radius 2 is 2.09 bits per heavy atom. The first-order chi connectivity index (χ1) is 11.2. The Balaban J connectivity index is 1.67. The summed E-state index contributed by atoms with van der Waals surface area (Å²) in [5, 5.41) is 0. The van der Waals surface area contributed by atoms with Gasteiger partial charge in [-0.15, -0.1) is 0 Å². The van der Waals surface area contributed by atoms with Crippen LogP contribution in [0.3, 0.4) is 0 Å². The highest BCUT2D eigenvalue weighted by Crippen LogP contribution is 2.27. The van der Waals surface area contributed by atoms with Gasteiger partial charge in [0.25, 0.3) is 5.91 Å². The topological polar surface area (TPSA) is 39.3 Å². The summed E-state index contributed by atoms with van der Waals surface area (Å²) in [7, 11) is 0. The van der Waals surface area contributed by atoms with E-state index in [1.54, 1.807) is 6.20 Å². The quantitative estimate of drug-likeness (QED) is 0.920. The van der Waals surface area contributed by atoms with Crippen LogP contribution in [0.15, 0.2) is 48.7 Å². The number of aromatic nitrogens is 1. The normalized spacial score (nSPS) is 19.7. The Hall–Kier alpha value is -2.07. The second kappa shape index (κ2) is 7.01. The second-order valence-electron chi connectivity index (χ2n) is 6.20. The lowest BCUT2D eigenvalue weighted by atomic mass is 10.1. The van der Waals surface area contributed by atoms with Gasteiger partial charge in [0.2, 0.25) is 0 Å². The van der Waals surface area contributed by atoms with Gasteiger partial charge in [-0.1, -0.05) is 30.3 Å². The highest BCUT2D eigenvalue weighted by molar-refractivity contribution is 5.92. The van der Waals surface area contributed by atoms with E-state index in [9.17, 15) is 4.79 Å².